The van der Waals surface area contributed by atoms with E-state index in [1.165, 1.54) is 19.4 Å². The highest BCUT2D eigenvalue weighted by Crippen LogP contribution is 2.52. The van der Waals surface area contributed by atoms with Gasteiger partial charge >= 0.3 is 31.3 Å². The van der Waals surface area contributed by atoms with E-state index in [0.29, 0.717) is 11.3 Å². The van der Waals surface area contributed by atoms with Gasteiger partial charge < -0.3 is 53.0 Å². The Hall–Kier alpha value is -5.86. The molecule has 24 nitrogen and oxygen atoms in total. The van der Waals surface area contributed by atoms with E-state index in [9.17, 15) is 42.6 Å². The van der Waals surface area contributed by atoms with Crippen LogP contribution in [0, 0.1) is 5.82 Å². The Labute approximate surface area is 416 Å². The van der Waals surface area contributed by atoms with Gasteiger partial charge in [-0.25, -0.2) is 28.1 Å². The van der Waals surface area contributed by atoms with Gasteiger partial charge in [0.1, 0.15) is 60.7 Å². The van der Waals surface area contributed by atoms with Crippen molar-refractivity contribution in [2.75, 3.05) is 38.3 Å². The molecule has 4 aromatic rings. The van der Waals surface area contributed by atoms with Gasteiger partial charge in [-0.15, -0.1) is 0 Å². The molecule has 4 N–H and O–H groups in total. The van der Waals surface area contributed by atoms with E-state index in [1.807, 2.05) is 0 Å². The van der Waals surface area contributed by atoms with Gasteiger partial charge in [0.25, 0.3) is 11.1 Å². The van der Waals surface area contributed by atoms with Gasteiger partial charge in [-0.3, -0.25) is 37.7 Å². The summed E-state index contributed by atoms with van der Waals surface area (Å²) in [4.78, 5) is 95.5. The maximum atomic E-state index is 15.0. The molecule has 0 saturated carbocycles. The molecule has 8 rings (SSSR count). The zero-order valence-electron chi connectivity index (χ0n) is 40.7. The lowest BCUT2D eigenvalue weighted by Gasteiger charge is -2.44. The van der Waals surface area contributed by atoms with Crippen molar-refractivity contribution in [3.8, 4) is 0 Å². The molecule has 0 aliphatic carbocycles. The minimum absolute atomic E-state index is 0.0554. The lowest BCUT2D eigenvalue weighted by atomic mass is 10.0. The third kappa shape index (κ3) is 12.7. The molecular formula is C47H58FN6O18P. The maximum Gasteiger partial charge on any atom is 0.472 e. The summed E-state index contributed by atoms with van der Waals surface area (Å²) in [5.41, 5.74) is -3.19. The fourth-order valence-electron chi connectivity index (χ4n) is 9.12. The van der Waals surface area contributed by atoms with Crippen molar-refractivity contribution in [3.05, 3.63) is 132 Å². The molecule has 26 heteroatoms. The number of piperidine rings is 1. The fourth-order valence-corrected chi connectivity index (χ4v) is 10.1. The number of hydrogen-bond acceptors (Lipinski definition) is 18. The molecule has 4 aliphatic rings. The van der Waals surface area contributed by atoms with Crippen LogP contribution in [-0.4, -0.2) is 129 Å². The number of H-pyrrole nitrogens is 2. The molecule has 1 unspecified atom stereocenters. The molecule has 4 aliphatic heterocycles. The number of amides is 1. The summed E-state index contributed by atoms with van der Waals surface area (Å²) in [7, 11) is -4.02. The van der Waals surface area contributed by atoms with Crippen molar-refractivity contribution >= 4 is 25.6 Å². The first-order valence-electron chi connectivity index (χ1n) is 23.4. The summed E-state index contributed by atoms with van der Waals surface area (Å²) in [6.07, 6.45) is -9.45. The number of aromatic amines is 2. The number of methoxy groups -OCH3 is 1. The number of halogens is 1. The molecule has 0 spiro atoms. The second-order valence-corrected chi connectivity index (χ2v) is 20.6. The summed E-state index contributed by atoms with van der Waals surface area (Å²) < 4.78 is 91.6. The molecule has 73 heavy (non-hydrogen) atoms. The van der Waals surface area contributed by atoms with Gasteiger partial charge in [-0.1, -0.05) is 42.5 Å². The molecule has 2 aromatic carbocycles. The molecule has 4 fully saturated rings. The largest absolute Gasteiger partial charge is 0.472 e. The first-order valence-corrected chi connectivity index (χ1v) is 24.9. The Morgan fingerprint density at radius 3 is 2.07 bits per heavy atom. The highest BCUT2D eigenvalue weighted by atomic mass is 31.2. The van der Waals surface area contributed by atoms with Gasteiger partial charge in [-0.2, -0.15) is 0 Å². The van der Waals surface area contributed by atoms with Crippen LogP contribution in [0.1, 0.15) is 65.5 Å². The zero-order valence-corrected chi connectivity index (χ0v) is 41.6. The first-order chi connectivity index (χ1) is 34.5. The van der Waals surface area contributed by atoms with E-state index < -0.39 is 134 Å². The topological polar surface area (TPSA) is 289 Å². The van der Waals surface area contributed by atoms with Gasteiger partial charge in [-0.05, 0) is 52.3 Å². The molecule has 1 amide bonds. The van der Waals surface area contributed by atoms with Crippen molar-refractivity contribution in [3.63, 3.8) is 0 Å². The zero-order chi connectivity index (χ0) is 52.5. The molecular weight excluding hydrogens is 987 g/mol. The van der Waals surface area contributed by atoms with Crippen molar-refractivity contribution < 1.29 is 70.4 Å². The smallest absolute Gasteiger partial charge is 0.461 e. The average Bonchev–Trinajstić information content (AvgIpc) is 3.94. The number of aromatic nitrogens is 4. The molecule has 0 bridgehead atoms. The van der Waals surface area contributed by atoms with E-state index in [4.69, 9.17) is 46.9 Å². The Morgan fingerprint density at radius 1 is 0.849 bits per heavy atom. The van der Waals surface area contributed by atoms with Crippen molar-refractivity contribution in [2.45, 2.75) is 126 Å². The van der Waals surface area contributed by atoms with Crippen LogP contribution < -0.4 is 32.7 Å². The number of phosphoric ester groups is 1. The molecule has 0 radical (unpaired) electrons. The fraction of sp³-hybridized carbons (Fsp3) is 0.532. The molecule has 10 atom stereocenters. The number of esters is 1. The van der Waals surface area contributed by atoms with Gasteiger partial charge in [0.15, 0.2) is 24.0 Å². The Bertz CT molecular complexity index is 2900. The van der Waals surface area contributed by atoms with E-state index >= 15 is 0 Å². The highest BCUT2D eigenvalue weighted by molar-refractivity contribution is 7.47. The van der Waals surface area contributed by atoms with E-state index in [2.05, 4.69) is 15.3 Å². The number of para-hydroxylation sites is 1. The second-order valence-electron chi connectivity index (χ2n) is 19.2. The third-order valence-corrected chi connectivity index (χ3v) is 13.4. The standard InChI is InChI=1S/C47H58FN6O18P/c1-45(2,3)71-44(60)49-29(24-27-12-8-7-9-13-27)41(57)64-25-31-36(72-73(61,62)65-26-32-35-37(69-46(4,5)68-35)39(67-32)53-20-16-33(55)50-42(53)58)38(40(66-31)54-21-17-34(56)51-43(54)59)70-47(63-6)18-22-52(23-19-47)30-15-11-10-14-28(30)48/h7-17,20-21,29,31-32,35-40H,18-19,22-26H2,1-6H3,(H,49,60)(H,61,62)(H,50,55,58)(H,51,56,59)/t29-,31+,32+,35+,36+,37+,38+,39+,40+/m0/s1. The normalized spacial score (nSPS) is 26.7. The summed E-state index contributed by atoms with van der Waals surface area (Å²) in [5.74, 6) is -4.21. The quantitative estimate of drug-likeness (QED) is 0.0672. The predicted octanol–water partition coefficient (Wildman–Crippen LogP) is 2.75. The van der Waals surface area contributed by atoms with Gasteiger partial charge in [0.2, 0.25) is 0 Å². The summed E-state index contributed by atoms with van der Waals surface area (Å²) in [6.45, 7) is 7.06. The Kier molecular flexibility index (Phi) is 15.8. The van der Waals surface area contributed by atoms with Crippen LogP contribution in [0.15, 0.2) is 98.3 Å². The van der Waals surface area contributed by atoms with Crippen LogP contribution in [0.3, 0.4) is 0 Å². The summed E-state index contributed by atoms with van der Waals surface area (Å²) >= 11 is 0. The van der Waals surface area contributed by atoms with Crippen LogP contribution in [0.5, 0.6) is 0 Å². The predicted molar refractivity (Wildman–Crippen MR) is 252 cm³/mol. The molecule has 6 heterocycles. The number of anilines is 1. The first kappa shape index (κ1) is 53.4. The minimum Gasteiger partial charge on any atom is -0.461 e. The number of benzene rings is 2. The number of phosphoric acid groups is 1. The summed E-state index contributed by atoms with van der Waals surface area (Å²) in [6, 6.07) is 15.7. The number of rotatable bonds is 17. The Morgan fingerprint density at radius 2 is 1.45 bits per heavy atom. The van der Waals surface area contributed by atoms with Crippen LogP contribution in [0.25, 0.3) is 0 Å². The number of carbonyl (C=O) groups is 2. The van der Waals surface area contributed by atoms with Crippen LogP contribution in [-0.2, 0) is 62.7 Å². The van der Waals surface area contributed by atoms with E-state index in [-0.39, 0.29) is 32.4 Å². The number of carbonyl (C=O) groups excluding carboxylic acids is 2. The number of nitrogens with zero attached hydrogens (tertiary/aromatic N) is 3. The van der Waals surface area contributed by atoms with Gasteiger partial charge in [0, 0.05) is 64.0 Å². The second kappa shape index (κ2) is 21.5. The molecule has 396 valence electrons. The van der Waals surface area contributed by atoms with Crippen LogP contribution in [0.4, 0.5) is 14.9 Å². The average molecular weight is 1040 g/mol. The van der Waals surface area contributed by atoms with Gasteiger partial charge in [0.05, 0.1) is 12.3 Å². The number of fused-ring (bicyclic) bond motifs is 1. The lowest BCUT2D eigenvalue weighted by Crippen LogP contribution is -2.52. The molecule has 4 saturated heterocycles. The number of ether oxygens (including phenoxy) is 8. The Balaban J connectivity index is 1.10. The maximum absolute atomic E-state index is 15.0. The third-order valence-electron chi connectivity index (χ3n) is 12.4. The van der Waals surface area contributed by atoms with E-state index in [1.54, 1.807) is 88.0 Å². The number of hydrogen-bond donors (Lipinski definition) is 4. The SMILES string of the molecule is COC1(O[C@@H]2[C@H](OP(=O)(O)OC[C@H]3O[C@@H](n4ccc(=O)[nH]c4=O)[C@@H]4OC(C)(C)O[C@@H]43)[C@@H](COC(=O)[C@H](Cc3ccccc3)NC(=O)OC(C)(C)C)O[C@H]2n2ccc(=O)[nH]c2=O)CCN(c2ccccc2F)CC1. The van der Waals surface area contributed by atoms with Crippen LogP contribution >= 0.6 is 7.82 Å². The number of alkyl carbamates (subject to hydrolysis) is 1. The summed E-state index contributed by atoms with van der Waals surface area (Å²) in [5, 5.41) is 2.55. The van der Waals surface area contributed by atoms with Crippen molar-refractivity contribution in [1.29, 1.82) is 0 Å². The highest BCUT2D eigenvalue weighted by Gasteiger charge is 2.58. The van der Waals surface area contributed by atoms with Crippen LogP contribution in [0.2, 0.25) is 0 Å². The number of nitrogens with one attached hydrogen (secondary N) is 3. The van der Waals surface area contributed by atoms with Crippen molar-refractivity contribution in [1.82, 2.24) is 24.4 Å². The van der Waals surface area contributed by atoms with E-state index in [0.717, 1.165) is 27.5 Å². The molecule has 2 aromatic heterocycles. The minimum atomic E-state index is -5.38. The van der Waals surface area contributed by atoms with Crippen molar-refractivity contribution in [2.24, 2.45) is 0 Å². The lowest BCUT2D eigenvalue weighted by molar-refractivity contribution is -0.275. The monoisotopic (exact) mass is 1040 g/mol.